The number of aromatic nitrogens is 2. The first-order chi connectivity index (χ1) is 6.19. The molecule has 0 spiro atoms. The maximum absolute atomic E-state index is 5.87. The molecule has 1 aromatic rings. The Morgan fingerprint density at radius 2 is 2.46 bits per heavy atom. The average molecular weight is 204 g/mol. The molecule has 1 unspecified atom stereocenters. The second kappa shape index (κ2) is 4.60. The third kappa shape index (κ3) is 2.43. The highest BCUT2D eigenvalue weighted by Crippen LogP contribution is 2.15. The van der Waals surface area contributed by atoms with Gasteiger partial charge in [0.25, 0.3) is 0 Å². The van der Waals surface area contributed by atoms with Crippen LogP contribution in [0.2, 0.25) is 5.02 Å². The number of hydrogen-bond donors (Lipinski definition) is 1. The zero-order valence-corrected chi connectivity index (χ0v) is 8.58. The molecule has 0 aromatic carbocycles. The van der Waals surface area contributed by atoms with Gasteiger partial charge >= 0.3 is 0 Å². The van der Waals surface area contributed by atoms with Crippen LogP contribution < -0.4 is 5.73 Å². The molecule has 0 saturated carbocycles. The molecule has 0 fully saturated rings. The van der Waals surface area contributed by atoms with E-state index in [4.69, 9.17) is 22.1 Å². The van der Waals surface area contributed by atoms with Crippen molar-refractivity contribution in [3.8, 4) is 0 Å². The molecular weight excluding hydrogens is 190 g/mol. The molecule has 1 aromatic heterocycles. The van der Waals surface area contributed by atoms with Crippen molar-refractivity contribution in [2.24, 2.45) is 5.73 Å². The molecule has 4 nitrogen and oxygen atoms in total. The topological polar surface area (TPSA) is 53.1 Å². The highest BCUT2D eigenvalue weighted by molar-refractivity contribution is 6.31. The number of nitrogens with two attached hydrogens (primary N) is 1. The van der Waals surface area contributed by atoms with Crippen molar-refractivity contribution >= 4 is 11.6 Å². The van der Waals surface area contributed by atoms with E-state index in [1.807, 2.05) is 6.92 Å². The minimum Gasteiger partial charge on any atom is -0.382 e. The minimum atomic E-state index is 0.0659. The fourth-order valence-corrected chi connectivity index (χ4v) is 1.23. The molecule has 2 N–H and O–H groups in total. The van der Waals surface area contributed by atoms with E-state index in [-0.39, 0.29) is 6.04 Å². The van der Waals surface area contributed by atoms with Crippen molar-refractivity contribution in [1.82, 2.24) is 9.78 Å². The molecule has 0 aliphatic heterocycles. The standard InChI is InChI=1S/C8H14ClN3O/c1-6-8(9)4-12(11-6)7(3-10)5-13-2/h4,7H,3,5,10H2,1-2H3. The lowest BCUT2D eigenvalue weighted by Crippen LogP contribution is -2.23. The molecular formula is C8H14ClN3O. The van der Waals surface area contributed by atoms with Gasteiger partial charge in [0.1, 0.15) is 0 Å². The van der Waals surface area contributed by atoms with E-state index < -0.39 is 0 Å². The fourth-order valence-electron chi connectivity index (χ4n) is 1.09. The maximum atomic E-state index is 5.87. The van der Waals surface area contributed by atoms with Crippen LogP contribution in [0.25, 0.3) is 0 Å². The van der Waals surface area contributed by atoms with E-state index in [0.717, 1.165) is 5.69 Å². The number of rotatable bonds is 4. The first-order valence-electron chi connectivity index (χ1n) is 4.09. The Morgan fingerprint density at radius 3 is 2.85 bits per heavy atom. The lowest BCUT2D eigenvalue weighted by Gasteiger charge is -2.13. The van der Waals surface area contributed by atoms with Crippen LogP contribution in [0, 0.1) is 6.92 Å². The predicted molar refractivity (Wildman–Crippen MR) is 51.9 cm³/mol. The van der Waals surface area contributed by atoms with E-state index in [0.29, 0.717) is 18.2 Å². The van der Waals surface area contributed by atoms with Gasteiger partial charge < -0.3 is 10.5 Å². The summed E-state index contributed by atoms with van der Waals surface area (Å²) >= 11 is 5.87. The average Bonchev–Trinajstić information content (AvgIpc) is 2.43. The summed E-state index contributed by atoms with van der Waals surface area (Å²) in [4.78, 5) is 0. The number of hydrogen-bond acceptors (Lipinski definition) is 3. The Labute approximate surface area is 82.6 Å². The summed E-state index contributed by atoms with van der Waals surface area (Å²) < 4.78 is 6.77. The lowest BCUT2D eigenvalue weighted by atomic mass is 10.3. The molecule has 0 radical (unpaired) electrons. The molecule has 0 aliphatic rings. The van der Waals surface area contributed by atoms with Gasteiger partial charge in [-0.1, -0.05) is 11.6 Å². The van der Waals surface area contributed by atoms with Crippen molar-refractivity contribution < 1.29 is 4.74 Å². The summed E-state index contributed by atoms with van der Waals surface area (Å²) in [6, 6.07) is 0.0659. The van der Waals surface area contributed by atoms with Crippen LogP contribution in [0.3, 0.4) is 0 Å². The Bertz CT molecular complexity index is 255. The minimum absolute atomic E-state index is 0.0659. The van der Waals surface area contributed by atoms with Gasteiger partial charge in [0.2, 0.25) is 0 Å². The first-order valence-corrected chi connectivity index (χ1v) is 4.47. The molecule has 0 saturated heterocycles. The van der Waals surface area contributed by atoms with Crippen LogP contribution in [0.15, 0.2) is 6.20 Å². The molecule has 5 heteroatoms. The van der Waals surface area contributed by atoms with Crippen LogP contribution in [0.5, 0.6) is 0 Å². The highest BCUT2D eigenvalue weighted by Gasteiger charge is 2.11. The van der Waals surface area contributed by atoms with E-state index in [1.54, 1.807) is 18.0 Å². The van der Waals surface area contributed by atoms with Crippen molar-refractivity contribution in [3.05, 3.63) is 16.9 Å². The highest BCUT2D eigenvalue weighted by atomic mass is 35.5. The summed E-state index contributed by atoms with van der Waals surface area (Å²) in [5, 5.41) is 4.89. The van der Waals surface area contributed by atoms with Gasteiger partial charge in [-0.2, -0.15) is 5.10 Å². The van der Waals surface area contributed by atoms with Crippen LogP contribution in [0.4, 0.5) is 0 Å². The summed E-state index contributed by atoms with van der Waals surface area (Å²) in [5.41, 5.74) is 6.38. The van der Waals surface area contributed by atoms with Crippen LogP contribution in [0.1, 0.15) is 11.7 Å². The van der Waals surface area contributed by atoms with Crippen molar-refractivity contribution in [1.29, 1.82) is 0 Å². The molecule has 1 heterocycles. The number of aryl methyl sites for hydroxylation is 1. The Kier molecular flexibility index (Phi) is 3.71. The van der Waals surface area contributed by atoms with Gasteiger partial charge in [-0.3, -0.25) is 4.68 Å². The molecule has 1 rings (SSSR count). The van der Waals surface area contributed by atoms with Gasteiger partial charge in [0.15, 0.2) is 0 Å². The van der Waals surface area contributed by atoms with Gasteiger partial charge in [0.05, 0.1) is 23.4 Å². The number of ether oxygens (including phenoxy) is 1. The second-order valence-electron chi connectivity index (χ2n) is 2.89. The third-order valence-corrected chi connectivity index (χ3v) is 2.23. The first kappa shape index (κ1) is 10.5. The zero-order chi connectivity index (χ0) is 9.84. The summed E-state index contributed by atoms with van der Waals surface area (Å²) in [6.07, 6.45) is 1.77. The Balaban J connectivity index is 2.78. The summed E-state index contributed by atoms with van der Waals surface area (Å²) in [7, 11) is 1.64. The molecule has 13 heavy (non-hydrogen) atoms. The smallest absolute Gasteiger partial charge is 0.0874 e. The van der Waals surface area contributed by atoms with Crippen LogP contribution in [-0.2, 0) is 4.74 Å². The summed E-state index contributed by atoms with van der Waals surface area (Å²) in [5.74, 6) is 0. The van der Waals surface area contributed by atoms with Gasteiger partial charge in [-0.05, 0) is 6.92 Å². The fraction of sp³-hybridized carbons (Fsp3) is 0.625. The lowest BCUT2D eigenvalue weighted by molar-refractivity contribution is 0.152. The number of methoxy groups -OCH3 is 1. The van der Waals surface area contributed by atoms with E-state index in [9.17, 15) is 0 Å². The molecule has 0 bridgehead atoms. The molecule has 0 aliphatic carbocycles. The quantitative estimate of drug-likeness (QED) is 0.794. The molecule has 1 atom stereocenters. The molecule has 0 amide bonds. The van der Waals surface area contributed by atoms with E-state index >= 15 is 0 Å². The molecule has 74 valence electrons. The van der Waals surface area contributed by atoms with Crippen molar-refractivity contribution in [2.45, 2.75) is 13.0 Å². The van der Waals surface area contributed by atoms with Crippen LogP contribution in [-0.4, -0.2) is 30.0 Å². The van der Waals surface area contributed by atoms with Gasteiger partial charge in [0, 0.05) is 19.9 Å². The summed E-state index contributed by atoms with van der Waals surface area (Å²) in [6.45, 7) is 2.90. The third-order valence-electron chi connectivity index (χ3n) is 1.86. The van der Waals surface area contributed by atoms with Crippen molar-refractivity contribution in [2.75, 3.05) is 20.3 Å². The SMILES string of the molecule is COCC(CN)n1cc(Cl)c(C)n1. The van der Waals surface area contributed by atoms with Crippen molar-refractivity contribution in [3.63, 3.8) is 0 Å². The van der Waals surface area contributed by atoms with E-state index in [1.165, 1.54) is 0 Å². The monoisotopic (exact) mass is 203 g/mol. The van der Waals surface area contributed by atoms with Gasteiger partial charge in [-0.15, -0.1) is 0 Å². The number of halogens is 1. The predicted octanol–water partition coefficient (Wildman–Crippen LogP) is 0.991. The maximum Gasteiger partial charge on any atom is 0.0874 e. The number of nitrogens with zero attached hydrogens (tertiary/aromatic N) is 2. The second-order valence-corrected chi connectivity index (χ2v) is 3.29. The largest absolute Gasteiger partial charge is 0.382 e. The normalized spacial score (nSPS) is 13.2. The van der Waals surface area contributed by atoms with E-state index in [2.05, 4.69) is 5.10 Å². The Hall–Kier alpha value is -0.580. The van der Waals surface area contributed by atoms with Crippen LogP contribution >= 0.6 is 11.6 Å². The zero-order valence-electron chi connectivity index (χ0n) is 7.83. The van der Waals surface area contributed by atoms with Gasteiger partial charge in [-0.25, -0.2) is 0 Å². The Morgan fingerprint density at radius 1 is 1.77 bits per heavy atom.